The van der Waals surface area contributed by atoms with Crippen LogP contribution in [0.2, 0.25) is 0 Å². The first-order valence-corrected chi connectivity index (χ1v) is 13.6. The largest absolute Gasteiger partial charge is 0.390 e. The van der Waals surface area contributed by atoms with Crippen LogP contribution in [0.25, 0.3) is 20.8 Å². The van der Waals surface area contributed by atoms with Gasteiger partial charge in [0.05, 0.1) is 39.4 Å². The van der Waals surface area contributed by atoms with Crippen LogP contribution in [0.5, 0.6) is 0 Å². The summed E-state index contributed by atoms with van der Waals surface area (Å²) in [6.07, 6.45) is 3.52. The van der Waals surface area contributed by atoms with Gasteiger partial charge < -0.3 is 26.0 Å². The van der Waals surface area contributed by atoms with Crippen molar-refractivity contribution in [2.45, 2.75) is 90.2 Å². The first-order valence-electron chi connectivity index (χ1n) is 12.8. The third kappa shape index (κ3) is 4.55. The Morgan fingerprint density at radius 2 is 1.81 bits per heavy atom. The van der Waals surface area contributed by atoms with Gasteiger partial charge in [0.2, 0.25) is 5.95 Å². The second-order valence-electron chi connectivity index (χ2n) is 10.8. The second-order valence-corrected chi connectivity index (χ2v) is 11.9. The van der Waals surface area contributed by atoms with E-state index in [9.17, 15) is 15.3 Å². The van der Waals surface area contributed by atoms with E-state index in [1.807, 2.05) is 19.9 Å². The molecule has 2 aliphatic rings. The average molecular weight is 513 g/mol. The summed E-state index contributed by atoms with van der Waals surface area (Å²) >= 11 is 1.55. The number of aryl methyl sites for hydroxylation is 2. The highest BCUT2D eigenvalue weighted by Crippen LogP contribution is 2.41. The third-order valence-corrected chi connectivity index (χ3v) is 9.00. The summed E-state index contributed by atoms with van der Waals surface area (Å²) in [6.45, 7) is 9.42. The molecule has 6 atom stereocenters. The van der Waals surface area contributed by atoms with Gasteiger partial charge in [-0.05, 0) is 58.9 Å². The minimum absolute atomic E-state index is 0.350. The lowest BCUT2D eigenvalue weighted by Gasteiger charge is -2.36. The molecule has 194 valence electrons. The normalized spacial score (nSPS) is 28.3. The lowest BCUT2D eigenvalue weighted by Crippen LogP contribution is -2.40. The number of aliphatic hydroxyl groups excluding tert-OH is 2. The summed E-state index contributed by atoms with van der Waals surface area (Å²) in [6, 6.07) is 1.82. The Morgan fingerprint density at radius 1 is 1.03 bits per heavy atom. The van der Waals surface area contributed by atoms with Gasteiger partial charge >= 0.3 is 0 Å². The van der Waals surface area contributed by atoms with Crippen LogP contribution >= 0.6 is 11.3 Å². The van der Waals surface area contributed by atoms with Crippen LogP contribution in [-0.2, 0) is 0 Å². The molecule has 5 N–H and O–H groups in total. The number of fused-ring (bicyclic) bond motifs is 1. The molecule has 3 heterocycles. The molecule has 2 aliphatic carbocycles. The maximum absolute atomic E-state index is 10.9. The first-order chi connectivity index (χ1) is 17.1. The molecule has 36 heavy (non-hydrogen) atoms. The van der Waals surface area contributed by atoms with Crippen molar-refractivity contribution in [3.8, 4) is 10.6 Å². The zero-order valence-corrected chi connectivity index (χ0v) is 22.3. The summed E-state index contributed by atoms with van der Waals surface area (Å²) < 4.78 is 1.03. The summed E-state index contributed by atoms with van der Waals surface area (Å²) in [5, 5.41) is 39.8. The van der Waals surface area contributed by atoms with Crippen molar-refractivity contribution in [2.24, 2.45) is 11.8 Å². The molecule has 10 heteroatoms. The average Bonchev–Trinajstić information content (AvgIpc) is 3.34. The summed E-state index contributed by atoms with van der Waals surface area (Å²) in [4.78, 5) is 18.9. The Kier molecular flexibility index (Phi) is 6.65. The van der Waals surface area contributed by atoms with Gasteiger partial charge in [-0.15, -0.1) is 11.3 Å². The van der Waals surface area contributed by atoms with Gasteiger partial charge in [-0.2, -0.15) is 4.98 Å². The smallest absolute Gasteiger partial charge is 0.225 e. The lowest BCUT2D eigenvalue weighted by molar-refractivity contribution is -0.0601. The molecule has 0 radical (unpaired) electrons. The van der Waals surface area contributed by atoms with E-state index in [-0.39, 0.29) is 0 Å². The topological polar surface area (TPSA) is 136 Å². The second kappa shape index (κ2) is 9.48. The number of anilines is 2. The van der Waals surface area contributed by atoms with E-state index in [1.165, 1.54) is 6.42 Å². The SMILES string of the molecule is CC[C@@H]1CC[C@H]1Nc1nc(C)c(-c2nc3c(C)nccc3s2)c(N[C@@H]2C[C@H](C(C)(C)O)[C@@H](O)[C@H]2O)n1. The highest BCUT2D eigenvalue weighted by Gasteiger charge is 2.48. The molecule has 0 aromatic carbocycles. The highest BCUT2D eigenvalue weighted by molar-refractivity contribution is 7.21. The molecule has 2 saturated carbocycles. The first kappa shape index (κ1) is 25.3. The molecule has 5 rings (SSSR count). The van der Waals surface area contributed by atoms with Crippen molar-refractivity contribution in [2.75, 3.05) is 10.6 Å². The zero-order chi connectivity index (χ0) is 25.8. The molecule has 0 amide bonds. The predicted molar refractivity (Wildman–Crippen MR) is 142 cm³/mol. The fourth-order valence-corrected chi connectivity index (χ4v) is 6.67. The highest BCUT2D eigenvalue weighted by atomic mass is 32.1. The van der Waals surface area contributed by atoms with E-state index in [4.69, 9.17) is 15.0 Å². The number of thiazole rings is 1. The van der Waals surface area contributed by atoms with Gasteiger partial charge in [-0.3, -0.25) is 4.98 Å². The number of rotatable bonds is 7. The molecule has 0 aliphatic heterocycles. The Hall–Kier alpha value is -2.40. The number of pyridine rings is 1. The Morgan fingerprint density at radius 3 is 2.42 bits per heavy atom. The molecule has 3 aromatic heterocycles. The molecule has 3 aromatic rings. The van der Waals surface area contributed by atoms with Gasteiger partial charge in [0.15, 0.2) is 0 Å². The van der Waals surface area contributed by atoms with Crippen molar-refractivity contribution in [1.82, 2.24) is 19.9 Å². The van der Waals surface area contributed by atoms with Crippen molar-refractivity contribution >= 4 is 33.3 Å². The molecule has 0 saturated heterocycles. The number of aliphatic hydroxyl groups is 3. The van der Waals surface area contributed by atoms with Crippen LogP contribution in [-0.4, -0.2) is 65.1 Å². The van der Waals surface area contributed by atoms with E-state index in [2.05, 4.69) is 22.5 Å². The minimum Gasteiger partial charge on any atom is -0.390 e. The standard InChI is InChI=1S/C26H36N6O3S/c1-6-14-7-8-16(14)30-25-28-12(2)19(24-31-20-13(3)27-10-9-18(20)36-24)23(32-25)29-17-11-15(26(4,5)35)21(33)22(17)34/h9-10,14-17,21-22,33-35H,6-8,11H2,1-5H3,(H2,28,29,30,32)/t14-,15+,16-,17-,21-,22+/m1/s1. The van der Waals surface area contributed by atoms with Crippen LogP contribution in [0.4, 0.5) is 11.8 Å². The third-order valence-electron chi connectivity index (χ3n) is 7.96. The fourth-order valence-electron chi connectivity index (χ4n) is 5.56. The summed E-state index contributed by atoms with van der Waals surface area (Å²) in [5.74, 6) is 1.26. The fraction of sp³-hybridized carbons (Fsp3) is 0.615. The molecule has 9 nitrogen and oxygen atoms in total. The quantitative estimate of drug-likeness (QED) is 0.321. The van der Waals surface area contributed by atoms with Crippen molar-refractivity contribution < 1.29 is 15.3 Å². The van der Waals surface area contributed by atoms with Crippen LogP contribution in [0.3, 0.4) is 0 Å². The summed E-state index contributed by atoms with van der Waals surface area (Å²) in [7, 11) is 0. The van der Waals surface area contributed by atoms with Crippen LogP contribution in [0, 0.1) is 25.7 Å². The monoisotopic (exact) mass is 512 g/mol. The molecular weight excluding hydrogens is 476 g/mol. The Balaban J connectivity index is 1.54. The van der Waals surface area contributed by atoms with E-state index in [1.54, 1.807) is 31.4 Å². The van der Waals surface area contributed by atoms with Crippen molar-refractivity contribution in [1.29, 1.82) is 0 Å². The summed E-state index contributed by atoms with van der Waals surface area (Å²) in [5.41, 5.74) is 2.14. The molecule has 0 bridgehead atoms. The maximum Gasteiger partial charge on any atom is 0.225 e. The van der Waals surface area contributed by atoms with Gasteiger partial charge in [-0.1, -0.05) is 13.3 Å². The van der Waals surface area contributed by atoms with E-state index in [0.29, 0.717) is 30.1 Å². The van der Waals surface area contributed by atoms with E-state index < -0.39 is 29.8 Å². The Bertz CT molecular complexity index is 1260. The minimum atomic E-state index is -1.12. The van der Waals surface area contributed by atoms with Gasteiger partial charge in [-0.25, -0.2) is 9.97 Å². The van der Waals surface area contributed by atoms with Crippen LogP contribution < -0.4 is 10.6 Å². The van der Waals surface area contributed by atoms with Gasteiger partial charge in [0.1, 0.15) is 22.4 Å². The number of hydrogen-bond acceptors (Lipinski definition) is 10. The molecular formula is C26H36N6O3S. The van der Waals surface area contributed by atoms with Gasteiger partial charge in [0, 0.05) is 18.2 Å². The number of nitrogens with one attached hydrogen (secondary N) is 2. The van der Waals surface area contributed by atoms with E-state index >= 15 is 0 Å². The molecule has 0 spiro atoms. The molecule has 2 fully saturated rings. The number of hydrogen-bond donors (Lipinski definition) is 5. The Labute approximate surface area is 215 Å². The maximum atomic E-state index is 10.9. The van der Waals surface area contributed by atoms with Gasteiger partial charge in [0.25, 0.3) is 0 Å². The van der Waals surface area contributed by atoms with E-state index in [0.717, 1.165) is 45.0 Å². The van der Waals surface area contributed by atoms with Crippen molar-refractivity contribution in [3.05, 3.63) is 23.7 Å². The van der Waals surface area contributed by atoms with Crippen molar-refractivity contribution in [3.63, 3.8) is 0 Å². The van der Waals surface area contributed by atoms with Crippen LogP contribution in [0.1, 0.15) is 57.8 Å². The number of aromatic nitrogens is 4. The van der Waals surface area contributed by atoms with Crippen LogP contribution in [0.15, 0.2) is 12.3 Å². The lowest BCUT2D eigenvalue weighted by atomic mass is 9.78. The predicted octanol–water partition coefficient (Wildman–Crippen LogP) is 3.66. The number of nitrogens with zero attached hydrogens (tertiary/aromatic N) is 4. The molecule has 0 unspecified atom stereocenters. The zero-order valence-electron chi connectivity index (χ0n) is 21.5.